The summed E-state index contributed by atoms with van der Waals surface area (Å²) in [5.41, 5.74) is -0.0490. The van der Waals surface area contributed by atoms with E-state index in [4.69, 9.17) is 4.42 Å². The molecule has 2 aromatic heterocycles. The summed E-state index contributed by atoms with van der Waals surface area (Å²) in [6.07, 6.45) is 1.48. The van der Waals surface area contributed by atoms with Crippen molar-refractivity contribution in [3.63, 3.8) is 0 Å². The molecule has 0 aromatic carbocycles. The largest absolute Gasteiger partial charge is 0.422 e. The minimum absolute atomic E-state index is 0.171. The lowest BCUT2D eigenvalue weighted by Gasteiger charge is -1.96. The molecule has 0 saturated carbocycles. The molecule has 0 radical (unpaired) electrons. The van der Waals surface area contributed by atoms with Gasteiger partial charge in [0, 0.05) is 13.2 Å². The van der Waals surface area contributed by atoms with Crippen molar-refractivity contribution >= 4 is 11.1 Å². The van der Waals surface area contributed by atoms with E-state index in [1.165, 1.54) is 19.3 Å². The quantitative estimate of drug-likeness (QED) is 0.564. The molecule has 2 rings (SSSR count). The lowest BCUT2D eigenvalue weighted by atomic mass is 10.4. The predicted octanol–water partition coefficient (Wildman–Crippen LogP) is -0.113. The van der Waals surface area contributed by atoms with E-state index in [2.05, 4.69) is 4.98 Å². The van der Waals surface area contributed by atoms with E-state index in [-0.39, 0.29) is 11.1 Å². The second-order valence-corrected chi connectivity index (χ2v) is 2.58. The molecule has 0 aliphatic rings. The molecule has 0 saturated heterocycles. The van der Waals surface area contributed by atoms with E-state index in [0.29, 0.717) is 0 Å². The van der Waals surface area contributed by atoms with Gasteiger partial charge >= 0.3 is 5.76 Å². The van der Waals surface area contributed by atoms with Gasteiger partial charge in [0.15, 0.2) is 11.1 Å². The van der Waals surface area contributed by atoms with Gasteiger partial charge in [0.2, 0.25) is 0 Å². The van der Waals surface area contributed by atoms with E-state index in [1.54, 1.807) is 6.07 Å². The molecule has 5 heteroatoms. The van der Waals surface area contributed by atoms with Gasteiger partial charge in [-0.2, -0.15) is 0 Å². The van der Waals surface area contributed by atoms with Crippen LogP contribution in [0.5, 0.6) is 0 Å². The third-order valence-electron chi connectivity index (χ3n) is 1.75. The fraction of sp³-hybridized carbons (Fsp3) is 0.125. The molecule has 0 bridgehead atoms. The molecular formula is C8H6N2O3. The van der Waals surface area contributed by atoms with Crippen molar-refractivity contribution in [2.75, 3.05) is 0 Å². The summed E-state index contributed by atoms with van der Waals surface area (Å²) in [5, 5.41) is 0. The number of hydrogen-bond acceptors (Lipinski definition) is 4. The van der Waals surface area contributed by atoms with E-state index < -0.39 is 11.3 Å². The first-order chi connectivity index (χ1) is 6.20. The van der Waals surface area contributed by atoms with Crippen LogP contribution in [0, 0.1) is 0 Å². The highest BCUT2D eigenvalue weighted by molar-refractivity contribution is 5.69. The second-order valence-electron chi connectivity index (χ2n) is 2.58. The third kappa shape index (κ3) is 1.05. The summed E-state index contributed by atoms with van der Waals surface area (Å²) < 4.78 is 5.70. The summed E-state index contributed by atoms with van der Waals surface area (Å²) in [4.78, 5) is 26.2. The maximum atomic E-state index is 11.4. The molecule has 0 amide bonds. The maximum Gasteiger partial charge on any atom is 0.422 e. The Morgan fingerprint density at radius 3 is 3.00 bits per heavy atom. The lowest BCUT2D eigenvalue weighted by Crippen LogP contribution is -2.29. The van der Waals surface area contributed by atoms with Gasteiger partial charge in [-0.25, -0.2) is 14.3 Å². The van der Waals surface area contributed by atoms with Crippen molar-refractivity contribution in [1.82, 2.24) is 9.55 Å². The van der Waals surface area contributed by atoms with Gasteiger partial charge in [0.25, 0.3) is 5.56 Å². The predicted molar refractivity (Wildman–Crippen MR) is 45.5 cm³/mol. The number of hydrogen-bond donors (Lipinski definition) is 0. The molecule has 0 aliphatic carbocycles. The average Bonchev–Trinajstić information content (AvgIpc) is 2.15. The van der Waals surface area contributed by atoms with Gasteiger partial charge in [0.05, 0.1) is 0 Å². The van der Waals surface area contributed by atoms with Crippen LogP contribution >= 0.6 is 0 Å². The Bertz CT molecular complexity index is 567. The van der Waals surface area contributed by atoms with Crippen LogP contribution in [0.1, 0.15) is 0 Å². The van der Waals surface area contributed by atoms with Gasteiger partial charge in [-0.3, -0.25) is 4.79 Å². The molecule has 5 nitrogen and oxygen atoms in total. The first-order valence-electron chi connectivity index (χ1n) is 3.65. The van der Waals surface area contributed by atoms with Crippen molar-refractivity contribution < 1.29 is 4.42 Å². The van der Waals surface area contributed by atoms with Crippen LogP contribution in [-0.4, -0.2) is 9.55 Å². The summed E-state index contributed by atoms with van der Waals surface area (Å²) >= 11 is 0. The minimum Gasteiger partial charge on any atom is -0.407 e. The molecule has 66 valence electrons. The van der Waals surface area contributed by atoms with E-state index in [1.807, 2.05) is 0 Å². The number of fused-ring (bicyclic) bond motifs is 1. The zero-order valence-corrected chi connectivity index (χ0v) is 6.85. The Kier molecular flexibility index (Phi) is 1.51. The normalized spacial score (nSPS) is 10.5. The number of aromatic nitrogens is 2. The summed E-state index contributed by atoms with van der Waals surface area (Å²) in [5.74, 6) is -0.675. The molecular weight excluding hydrogens is 172 g/mol. The van der Waals surface area contributed by atoms with Crippen LogP contribution in [0.3, 0.4) is 0 Å². The molecule has 13 heavy (non-hydrogen) atoms. The first kappa shape index (κ1) is 7.72. The van der Waals surface area contributed by atoms with Crippen LogP contribution in [0.2, 0.25) is 0 Å². The smallest absolute Gasteiger partial charge is 0.407 e. The zero-order valence-electron chi connectivity index (χ0n) is 6.85. The van der Waals surface area contributed by atoms with E-state index >= 15 is 0 Å². The topological polar surface area (TPSA) is 65.1 Å². The zero-order chi connectivity index (χ0) is 9.42. The van der Waals surface area contributed by atoms with Crippen molar-refractivity contribution in [2.45, 2.75) is 0 Å². The first-order valence-corrected chi connectivity index (χ1v) is 3.65. The lowest BCUT2D eigenvalue weighted by molar-refractivity contribution is 0.483. The standard InChI is InChI=1S/C8H6N2O3/c1-10-7(11)6-5(13-8(10)12)3-2-4-9-6/h2-4H,1H3. The fourth-order valence-electron chi connectivity index (χ4n) is 1.04. The van der Waals surface area contributed by atoms with Crippen LogP contribution in [0.15, 0.2) is 32.3 Å². The molecule has 0 atom stereocenters. The number of pyridine rings is 1. The fourth-order valence-corrected chi connectivity index (χ4v) is 1.04. The maximum absolute atomic E-state index is 11.4. The Morgan fingerprint density at radius 1 is 1.46 bits per heavy atom. The minimum atomic E-state index is -0.675. The summed E-state index contributed by atoms with van der Waals surface area (Å²) in [6, 6.07) is 3.13. The van der Waals surface area contributed by atoms with Crippen molar-refractivity contribution in [1.29, 1.82) is 0 Å². The summed E-state index contributed by atoms with van der Waals surface area (Å²) in [7, 11) is 1.35. The molecule has 0 N–H and O–H groups in total. The molecule has 0 aliphatic heterocycles. The Balaban J connectivity index is 3.12. The molecule has 2 heterocycles. The van der Waals surface area contributed by atoms with E-state index in [9.17, 15) is 9.59 Å². The van der Waals surface area contributed by atoms with Gasteiger partial charge < -0.3 is 4.42 Å². The van der Waals surface area contributed by atoms with Crippen LogP contribution < -0.4 is 11.3 Å². The molecule has 0 unspecified atom stereocenters. The Labute approximate surface area is 72.3 Å². The van der Waals surface area contributed by atoms with Crippen molar-refractivity contribution in [2.24, 2.45) is 7.05 Å². The Morgan fingerprint density at radius 2 is 2.23 bits per heavy atom. The molecule has 2 aromatic rings. The third-order valence-corrected chi connectivity index (χ3v) is 1.75. The number of rotatable bonds is 0. The molecule has 0 fully saturated rings. The SMILES string of the molecule is Cn1c(=O)oc2cccnc2c1=O. The average molecular weight is 178 g/mol. The van der Waals surface area contributed by atoms with Gasteiger partial charge in [-0.05, 0) is 12.1 Å². The van der Waals surface area contributed by atoms with Crippen LogP contribution in [-0.2, 0) is 7.05 Å². The van der Waals surface area contributed by atoms with Gasteiger partial charge in [0.1, 0.15) is 0 Å². The van der Waals surface area contributed by atoms with Gasteiger partial charge in [-0.1, -0.05) is 0 Å². The second kappa shape index (κ2) is 2.55. The van der Waals surface area contributed by atoms with Crippen LogP contribution in [0.25, 0.3) is 11.1 Å². The monoisotopic (exact) mass is 178 g/mol. The highest BCUT2D eigenvalue weighted by Crippen LogP contribution is 2.01. The van der Waals surface area contributed by atoms with E-state index in [0.717, 1.165) is 4.57 Å². The number of nitrogens with zero attached hydrogens (tertiary/aromatic N) is 2. The summed E-state index contributed by atoms with van der Waals surface area (Å²) in [6.45, 7) is 0. The van der Waals surface area contributed by atoms with Gasteiger partial charge in [-0.15, -0.1) is 0 Å². The van der Waals surface area contributed by atoms with Crippen molar-refractivity contribution in [3.8, 4) is 0 Å². The highest BCUT2D eigenvalue weighted by Gasteiger charge is 2.05. The van der Waals surface area contributed by atoms with Crippen LogP contribution in [0.4, 0.5) is 0 Å². The van der Waals surface area contributed by atoms with Crippen molar-refractivity contribution in [3.05, 3.63) is 39.2 Å². The highest BCUT2D eigenvalue weighted by atomic mass is 16.4. The Hall–Kier alpha value is -1.91. The molecule has 0 spiro atoms.